The quantitative estimate of drug-likeness (QED) is 0.897. The van der Waals surface area contributed by atoms with Crippen LogP contribution in [0.15, 0.2) is 10.7 Å². The van der Waals surface area contributed by atoms with Crippen molar-refractivity contribution < 1.29 is 0 Å². The van der Waals surface area contributed by atoms with Crippen LogP contribution in [-0.4, -0.2) is 22.9 Å². The van der Waals surface area contributed by atoms with Gasteiger partial charge in [-0.1, -0.05) is 0 Å². The van der Waals surface area contributed by atoms with Crippen molar-refractivity contribution in [3.8, 4) is 0 Å². The summed E-state index contributed by atoms with van der Waals surface area (Å²) in [4.78, 5) is 0. The Bertz CT molecular complexity index is 327. The molecule has 0 saturated carbocycles. The van der Waals surface area contributed by atoms with Gasteiger partial charge in [-0.05, 0) is 55.7 Å². The van der Waals surface area contributed by atoms with Crippen LogP contribution in [0, 0.1) is 0 Å². The molecule has 0 radical (unpaired) electrons. The summed E-state index contributed by atoms with van der Waals surface area (Å²) in [6.45, 7) is 6.62. The molecule has 0 amide bonds. The summed E-state index contributed by atoms with van der Waals surface area (Å²) in [6.07, 6.45) is 4.37. The lowest BCUT2D eigenvalue weighted by Crippen LogP contribution is -2.28. The van der Waals surface area contributed by atoms with E-state index in [1.165, 1.54) is 23.0 Å². The van der Waals surface area contributed by atoms with E-state index in [4.69, 9.17) is 0 Å². The van der Waals surface area contributed by atoms with E-state index in [1.54, 1.807) is 0 Å². The van der Waals surface area contributed by atoms with Gasteiger partial charge in [-0.3, -0.25) is 4.68 Å². The van der Waals surface area contributed by atoms with E-state index in [2.05, 4.69) is 44.9 Å². The average Bonchev–Trinajstić information content (AvgIpc) is 2.61. The molecule has 1 aromatic heterocycles. The Morgan fingerprint density at radius 3 is 2.73 bits per heavy atom. The summed E-state index contributed by atoms with van der Waals surface area (Å²) in [6, 6.07) is 0.446. The maximum atomic E-state index is 4.44. The van der Waals surface area contributed by atoms with Gasteiger partial charge in [0.25, 0.3) is 0 Å². The van der Waals surface area contributed by atoms with E-state index in [0.29, 0.717) is 12.0 Å². The zero-order valence-corrected chi connectivity index (χ0v) is 10.9. The van der Waals surface area contributed by atoms with Crippen molar-refractivity contribution in [2.24, 2.45) is 0 Å². The Hall–Kier alpha value is -0.350. The zero-order valence-electron chi connectivity index (χ0n) is 9.33. The summed E-state index contributed by atoms with van der Waals surface area (Å²) in [5.74, 6) is 0.658. The summed E-state index contributed by atoms with van der Waals surface area (Å²) >= 11 is 3.62. The van der Waals surface area contributed by atoms with Gasteiger partial charge in [0.15, 0.2) is 0 Å². The first kappa shape index (κ1) is 11.1. The molecule has 2 heterocycles. The summed E-state index contributed by atoms with van der Waals surface area (Å²) < 4.78 is 3.32. The molecule has 0 bridgehead atoms. The first-order valence-corrected chi connectivity index (χ1v) is 6.43. The van der Waals surface area contributed by atoms with Crippen molar-refractivity contribution in [2.75, 3.05) is 13.1 Å². The van der Waals surface area contributed by atoms with Crippen molar-refractivity contribution in [1.82, 2.24) is 15.1 Å². The highest BCUT2D eigenvalue weighted by atomic mass is 79.9. The second-order valence-electron chi connectivity index (χ2n) is 4.44. The van der Waals surface area contributed by atoms with Crippen LogP contribution in [-0.2, 0) is 0 Å². The maximum Gasteiger partial charge on any atom is 0.0635 e. The first-order chi connectivity index (χ1) is 7.20. The molecule has 1 saturated heterocycles. The third-order valence-electron chi connectivity index (χ3n) is 3.00. The number of hydrogen-bond donors (Lipinski definition) is 1. The number of halogens is 1. The predicted molar refractivity (Wildman–Crippen MR) is 65.2 cm³/mol. The minimum atomic E-state index is 0.446. The second kappa shape index (κ2) is 4.66. The number of rotatable bonds is 2. The molecule has 1 fully saturated rings. The van der Waals surface area contributed by atoms with Crippen molar-refractivity contribution in [1.29, 1.82) is 0 Å². The SMILES string of the molecule is CC(C)n1ncc(Br)c1C1CCNCC1. The Morgan fingerprint density at radius 1 is 1.47 bits per heavy atom. The zero-order chi connectivity index (χ0) is 10.8. The van der Waals surface area contributed by atoms with Gasteiger partial charge in [-0.25, -0.2) is 0 Å². The maximum absolute atomic E-state index is 4.44. The Morgan fingerprint density at radius 2 is 2.13 bits per heavy atom. The third kappa shape index (κ3) is 2.26. The van der Waals surface area contributed by atoms with Gasteiger partial charge in [0, 0.05) is 12.0 Å². The molecular weight excluding hydrogens is 254 g/mol. The van der Waals surface area contributed by atoms with Crippen LogP contribution in [0.3, 0.4) is 0 Å². The van der Waals surface area contributed by atoms with E-state index in [1.807, 2.05) is 6.20 Å². The van der Waals surface area contributed by atoms with Gasteiger partial charge in [0.2, 0.25) is 0 Å². The molecule has 84 valence electrons. The Labute approximate surface area is 99.4 Å². The molecule has 0 aromatic carbocycles. The molecule has 0 aliphatic carbocycles. The smallest absolute Gasteiger partial charge is 0.0635 e. The molecule has 1 aliphatic rings. The summed E-state index contributed by atoms with van der Waals surface area (Å²) in [7, 11) is 0. The fourth-order valence-electron chi connectivity index (χ4n) is 2.24. The molecule has 3 nitrogen and oxygen atoms in total. The standard InChI is InChI=1S/C11H18BrN3/c1-8(2)15-11(10(12)7-14-15)9-3-5-13-6-4-9/h7-9,13H,3-6H2,1-2H3. The molecule has 2 rings (SSSR count). The highest BCUT2D eigenvalue weighted by Gasteiger charge is 2.22. The molecule has 0 unspecified atom stereocenters. The van der Waals surface area contributed by atoms with E-state index in [9.17, 15) is 0 Å². The largest absolute Gasteiger partial charge is 0.317 e. The second-order valence-corrected chi connectivity index (χ2v) is 5.29. The molecule has 15 heavy (non-hydrogen) atoms. The topological polar surface area (TPSA) is 29.9 Å². The van der Waals surface area contributed by atoms with Crippen LogP contribution in [0.25, 0.3) is 0 Å². The fourth-order valence-corrected chi connectivity index (χ4v) is 2.84. The van der Waals surface area contributed by atoms with Crippen molar-refractivity contribution in [3.63, 3.8) is 0 Å². The average molecular weight is 272 g/mol. The number of nitrogens with zero attached hydrogens (tertiary/aromatic N) is 2. The number of piperidine rings is 1. The highest BCUT2D eigenvalue weighted by Crippen LogP contribution is 2.32. The van der Waals surface area contributed by atoms with Gasteiger partial charge in [0.1, 0.15) is 0 Å². The van der Waals surface area contributed by atoms with Gasteiger partial charge < -0.3 is 5.32 Å². The van der Waals surface area contributed by atoms with Crippen molar-refractivity contribution in [3.05, 3.63) is 16.4 Å². The Kier molecular flexibility index (Phi) is 3.46. The summed E-state index contributed by atoms with van der Waals surface area (Å²) in [5.41, 5.74) is 1.38. The molecule has 1 N–H and O–H groups in total. The summed E-state index contributed by atoms with van der Waals surface area (Å²) in [5, 5.41) is 7.84. The third-order valence-corrected chi connectivity index (χ3v) is 3.61. The Balaban J connectivity index is 2.28. The van der Waals surface area contributed by atoms with E-state index in [-0.39, 0.29) is 0 Å². The van der Waals surface area contributed by atoms with Crippen molar-refractivity contribution in [2.45, 2.75) is 38.6 Å². The monoisotopic (exact) mass is 271 g/mol. The van der Waals surface area contributed by atoms with Crippen LogP contribution in [0.1, 0.15) is 44.3 Å². The fraction of sp³-hybridized carbons (Fsp3) is 0.727. The molecule has 0 spiro atoms. The van der Waals surface area contributed by atoms with Gasteiger partial charge in [-0.15, -0.1) is 0 Å². The van der Waals surface area contributed by atoms with E-state index in [0.717, 1.165) is 13.1 Å². The van der Waals surface area contributed by atoms with Crippen LogP contribution < -0.4 is 5.32 Å². The number of hydrogen-bond acceptors (Lipinski definition) is 2. The lowest BCUT2D eigenvalue weighted by Gasteiger charge is -2.25. The van der Waals surface area contributed by atoms with Crippen molar-refractivity contribution >= 4 is 15.9 Å². The molecular formula is C11H18BrN3. The molecule has 0 atom stereocenters. The lowest BCUT2D eigenvalue weighted by atomic mass is 9.94. The van der Waals surface area contributed by atoms with Crippen LogP contribution in [0.2, 0.25) is 0 Å². The van der Waals surface area contributed by atoms with Gasteiger partial charge >= 0.3 is 0 Å². The number of nitrogens with one attached hydrogen (secondary N) is 1. The first-order valence-electron chi connectivity index (χ1n) is 5.63. The lowest BCUT2D eigenvalue weighted by molar-refractivity contribution is 0.412. The normalized spacial score (nSPS) is 18.7. The molecule has 1 aliphatic heterocycles. The predicted octanol–water partition coefficient (Wildman–Crippen LogP) is 2.69. The van der Waals surface area contributed by atoms with Crippen LogP contribution >= 0.6 is 15.9 Å². The van der Waals surface area contributed by atoms with E-state index < -0.39 is 0 Å². The minimum absolute atomic E-state index is 0.446. The van der Waals surface area contributed by atoms with Gasteiger partial charge in [0.05, 0.1) is 16.4 Å². The van der Waals surface area contributed by atoms with E-state index >= 15 is 0 Å². The highest BCUT2D eigenvalue weighted by molar-refractivity contribution is 9.10. The molecule has 4 heteroatoms. The van der Waals surface area contributed by atoms with Gasteiger partial charge in [-0.2, -0.15) is 5.10 Å². The molecule has 1 aromatic rings. The van der Waals surface area contributed by atoms with Crippen LogP contribution in [0.5, 0.6) is 0 Å². The minimum Gasteiger partial charge on any atom is -0.317 e. The van der Waals surface area contributed by atoms with Crippen LogP contribution in [0.4, 0.5) is 0 Å². The number of aromatic nitrogens is 2.